The molecule has 0 heterocycles. The molecule has 0 aliphatic heterocycles. The van der Waals surface area contributed by atoms with Crippen molar-refractivity contribution in [1.29, 1.82) is 0 Å². The van der Waals surface area contributed by atoms with E-state index >= 15 is 0 Å². The van der Waals surface area contributed by atoms with Crippen molar-refractivity contribution in [2.45, 2.75) is 23.6 Å². The number of nitrogens with one attached hydrogen (secondary N) is 1. The summed E-state index contributed by atoms with van der Waals surface area (Å²) in [5.41, 5.74) is 10.1. The van der Waals surface area contributed by atoms with Crippen molar-refractivity contribution in [3.8, 4) is 0 Å². The van der Waals surface area contributed by atoms with Crippen LogP contribution in [0.5, 0.6) is 0 Å². The SMILES string of the molecule is C/C(=N\NC(N)=O)c1ccc(Sc2ccc(C)cc2)cc1. The minimum atomic E-state index is -0.666. The maximum atomic E-state index is 10.6. The molecular formula is C16H17N3OS. The number of nitrogens with two attached hydrogens (primary N) is 1. The Labute approximate surface area is 128 Å². The van der Waals surface area contributed by atoms with Crippen LogP contribution >= 0.6 is 11.8 Å². The summed E-state index contributed by atoms with van der Waals surface area (Å²) >= 11 is 1.71. The van der Waals surface area contributed by atoms with E-state index in [9.17, 15) is 4.79 Å². The number of carbonyl (C=O) groups is 1. The zero-order valence-electron chi connectivity index (χ0n) is 12.0. The fourth-order valence-corrected chi connectivity index (χ4v) is 2.53. The predicted octanol–water partition coefficient (Wildman–Crippen LogP) is 3.54. The van der Waals surface area contributed by atoms with Gasteiger partial charge in [-0.15, -0.1) is 0 Å². The first-order chi connectivity index (χ1) is 10.0. The van der Waals surface area contributed by atoms with E-state index in [0.717, 1.165) is 10.5 Å². The third-order valence-corrected chi connectivity index (χ3v) is 3.88. The van der Waals surface area contributed by atoms with E-state index in [1.165, 1.54) is 10.5 Å². The summed E-state index contributed by atoms with van der Waals surface area (Å²) in [4.78, 5) is 13.0. The Hall–Kier alpha value is -2.27. The van der Waals surface area contributed by atoms with Gasteiger partial charge in [0.25, 0.3) is 0 Å². The van der Waals surface area contributed by atoms with Crippen molar-refractivity contribution in [2.75, 3.05) is 0 Å². The molecule has 0 aliphatic carbocycles. The number of carbonyl (C=O) groups excluding carboxylic acids is 1. The molecule has 0 aromatic heterocycles. The second-order valence-electron chi connectivity index (χ2n) is 4.61. The smallest absolute Gasteiger partial charge is 0.332 e. The number of hydrogen-bond acceptors (Lipinski definition) is 3. The molecule has 2 aromatic rings. The fraction of sp³-hybridized carbons (Fsp3) is 0.125. The minimum absolute atomic E-state index is 0.666. The van der Waals surface area contributed by atoms with E-state index in [1.807, 2.05) is 31.2 Å². The second kappa shape index (κ2) is 6.95. The van der Waals surface area contributed by atoms with Crippen molar-refractivity contribution < 1.29 is 4.79 Å². The molecule has 108 valence electrons. The Morgan fingerprint density at radius 3 is 2.10 bits per heavy atom. The van der Waals surface area contributed by atoms with Crippen LogP contribution in [-0.4, -0.2) is 11.7 Å². The number of nitrogens with zero attached hydrogens (tertiary/aromatic N) is 1. The quantitative estimate of drug-likeness (QED) is 0.670. The molecule has 21 heavy (non-hydrogen) atoms. The molecule has 0 saturated heterocycles. The van der Waals surface area contributed by atoms with Gasteiger partial charge in [0.15, 0.2) is 0 Å². The van der Waals surface area contributed by atoms with Crippen molar-refractivity contribution in [3.05, 3.63) is 59.7 Å². The molecule has 0 fully saturated rings. The molecule has 0 atom stereocenters. The Morgan fingerprint density at radius 1 is 1.05 bits per heavy atom. The Balaban J connectivity index is 2.06. The van der Waals surface area contributed by atoms with Crippen molar-refractivity contribution in [2.24, 2.45) is 10.8 Å². The van der Waals surface area contributed by atoms with Gasteiger partial charge in [-0.1, -0.05) is 41.6 Å². The molecule has 0 aliphatic rings. The van der Waals surface area contributed by atoms with E-state index in [-0.39, 0.29) is 0 Å². The molecule has 0 spiro atoms. The summed E-state index contributed by atoms with van der Waals surface area (Å²) in [5, 5.41) is 3.90. The van der Waals surface area contributed by atoms with Gasteiger partial charge in [-0.25, -0.2) is 10.2 Å². The summed E-state index contributed by atoms with van der Waals surface area (Å²) in [6.07, 6.45) is 0. The Kier molecular flexibility index (Phi) is 5.00. The first kappa shape index (κ1) is 15.1. The van der Waals surface area contributed by atoms with Crippen LogP contribution in [0.15, 0.2) is 63.4 Å². The first-order valence-corrected chi connectivity index (χ1v) is 7.31. The van der Waals surface area contributed by atoms with E-state index in [2.05, 4.69) is 41.7 Å². The van der Waals surface area contributed by atoms with Crippen LogP contribution in [0, 0.1) is 6.92 Å². The summed E-state index contributed by atoms with van der Waals surface area (Å²) in [5.74, 6) is 0. The molecule has 0 radical (unpaired) electrons. The summed E-state index contributed by atoms with van der Waals surface area (Å²) in [6, 6.07) is 15.8. The van der Waals surface area contributed by atoms with Gasteiger partial charge in [-0.05, 0) is 43.7 Å². The molecule has 5 heteroatoms. The lowest BCUT2D eigenvalue weighted by Gasteiger charge is -2.05. The van der Waals surface area contributed by atoms with Gasteiger partial charge in [0.1, 0.15) is 0 Å². The molecular weight excluding hydrogens is 282 g/mol. The van der Waals surface area contributed by atoms with Gasteiger partial charge in [0, 0.05) is 9.79 Å². The van der Waals surface area contributed by atoms with Crippen molar-refractivity contribution in [1.82, 2.24) is 5.43 Å². The highest BCUT2D eigenvalue weighted by molar-refractivity contribution is 7.99. The standard InChI is InChI=1S/C16H17N3OS/c1-11-3-7-14(8-4-11)21-15-9-5-13(6-10-15)12(2)18-19-16(17)20/h3-10H,1-2H3,(H3,17,19,20)/b18-12+. The van der Waals surface area contributed by atoms with E-state index in [0.29, 0.717) is 5.71 Å². The first-order valence-electron chi connectivity index (χ1n) is 6.49. The van der Waals surface area contributed by atoms with Crippen LogP contribution in [0.1, 0.15) is 18.1 Å². The average molecular weight is 299 g/mol. The van der Waals surface area contributed by atoms with Crippen LogP contribution in [0.4, 0.5) is 4.79 Å². The zero-order chi connectivity index (χ0) is 15.2. The highest BCUT2D eigenvalue weighted by Gasteiger charge is 2.01. The van der Waals surface area contributed by atoms with E-state index < -0.39 is 6.03 Å². The molecule has 0 bridgehead atoms. The minimum Gasteiger partial charge on any atom is -0.350 e. The number of hydrazone groups is 1. The van der Waals surface area contributed by atoms with Gasteiger partial charge < -0.3 is 5.73 Å². The number of rotatable bonds is 4. The molecule has 4 nitrogen and oxygen atoms in total. The summed E-state index contributed by atoms with van der Waals surface area (Å²) in [6.45, 7) is 3.89. The lowest BCUT2D eigenvalue weighted by atomic mass is 10.1. The van der Waals surface area contributed by atoms with Crippen LogP contribution in [-0.2, 0) is 0 Å². The average Bonchev–Trinajstić information content (AvgIpc) is 2.48. The topological polar surface area (TPSA) is 67.5 Å². The Morgan fingerprint density at radius 2 is 1.57 bits per heavy atom. The maximum Gasteiger partial charge on any atom is 0.332 e. The Bertz CT molecular complexity index is 648. The van der Waals surface area contributed by atoms with Gasteiger partial charge >= 0.3 is 6.03 Å². The third-order valence-electron chi connectivity index (χ3n) is 2.86. The van der Waals surface area contributed by atoms with E-state index in [4.69, 9.17) is 5.73 Å². The monoisotopic (exact) mass is 299 g/mol. The van der Waals surface area contributed by atoms with Gasteiger partial charge in [-0.2, -0.15) is 5.10 Å². The summed E-state index contributed by atoms with van der Waals surface area (Å²) < 4.78 is 0. The number of amides is 2. The number of hydrogen-bond donors (Lipinski definition) is 2. The van der Waals surface area contributed by atoms with Crippen molar-refractivity contribution >= 4 is 23.5 Å². The highest BCUT2D eigenvalue weighted by Crippen LogP contribution is 2.27. The lowest BCUT2D eigenvalue weighted by Crippen LogP contribution is -2.25. The molecule has 2 amide bonds. The van der Waals surface area contributed by atoms with Crippen LogP contribution < -0.4 is 11.2 Å². The fourth-order valence-electron chi connectivity index (χ4n) is 1.71. The molecule has 2 rings (SSSR count). The van der Waals surface area contributed by atoms with Crippen LogP contribution in [0.2, 0.25) is 0 Å². The van der Waals surface area contributed by atoms with Gasteiger partial charge in [0.05, 0.1) is 5.71 Å². The highest BCUT2D eigenvalue weighted by atomic mass is 32.2. The van der Waals surface area contributed by atoms with Crippen molar-refractivity contribution in [3.63, 3.8) is 0 Å². The number of urea groups is 1. The zero-order valence-corrected chi connectivity index (χ0v) is 12.8. The molecule has 2 aromatic carbocycles. The van der Waals surface area contributed by atoms with Gasteiger partial charge in [0.2, 0.25) is 0 Å². The lowest BCUT2D eigenvalue weighted by molar-refractivity contribution is 0.249. The number of aryl methyl sites for hydroxylation is 1. The molecule has 0 unspecified atom stereocenters. The summed E-state index contributed by atoms with van der Waals surface area (Å²) in [7, 11) is 0. The number of primary amides is 1. The largest absolute Gasteiger partial charge is 0.350 e. The third kappa shape index (κ3) is 4.65. The van der Waals surface area contributed by atoms with E-state index in [1.54, 1.807) is 11.8 Å². The van der Waals surface area contributed by atoms with Crippen LogP contribution in [0.3, 0.4) is 0 Å². The van der Waals surface area contributed by atoms with Gasteiger partial charge in [-0.3, -0.25) is 0 Å². The normalized spacial score (nSPS) is 11.2. The number of benzene rings is 2. The molecule has 3 N–H and O–H groups in total. The maximum absolute atomic E-state index is 10.6. The second-order valence-corrected chi connectivity index (χ2v) is 5.76. The van der Waals surface area contributed by atoms with Crippen LogP contribution in [0.25, 0.3) is 0 Å². The predicted molar refractivity (Wildman–Crippen MR) is 86.7 cm³/mol. The molecule has 0 saturated carbocycles.